The highest BCUT2D eigenvalue weighted by molar-refractivity contribution is 7.85. The minimum absolute atomic E-state index is 0.894. The van der Waals surface area contributed by atoms with Crippen LogP contribution in [0, 0.1) is 0 Å². The summed E-state index contributed by atoms with van der Waals surface area (Å²) in [6.07, 6.45) is -10.7. The molecule has 0 amide bonds. The SMILES string of the molecule is C=C(S)C(=O)OCCC(F)(F)C(F)(F)C(F)(F)C(F)(F)C(F)(F)C(F)(F)C(F)(F)C(F)(F)F. The van der Waals surface area contributed by atoms with E-state index in [1.165, 1.54) is 0 Å². The third-order valence-electron chi connectivity index (χ3n) is 3.67. The average molecular weight is 550 g/mol. The van der Waals surface area contributed by atoms with Gasteiger partial charge in [-0.3, -0.25) is 0 Å². The van der Waals surface area contributed by atoms with E-state index < -0.39 is 71.5 Å². The molecule has 0 radical (unpaired) electrons. The maximum Gasteiger partial charge on any atom is 0.460 e. The van der Waals surface area contributed by atoms with Crippen LogP contribution < -0.4 is 0 Å². The molecule has 0 rings (SSSR count). The summed E-state index contributed by atoms with van der Waals surface area (Å²) in [5.74, 6) is -58.6. The fourth-order valence-corrected chi connectivity index (χ4v) is 1.77. The van der Waals surface area contributed by atoms with Crippen LogP contribution in [0.2, 0.25) is 0 Å². The van der Waals surface area contributed by atoms with Crippen LogP contribution in [0.4, 0.5) is 74.6 Å². The quantitative estimate of drug-likeness (QED) is 0.148. The van der Waals surface area contributed by atoms with Crippen molar-refractivity contribution in [1.29, 1.82) is 0 Å². The van der Waals surface area contributed by atoms with Crippen LogP contribution in [0.5, 0.6) is 0 Å². The van der Waals surface area contributed by atoms with E-state index in [0.29, 0.717) is 0 Å². The van der Waals surface area contributed by atoms with E-state index in [0.717, 1.165) is 0 Å². The van der Waals surface area contributed by atoms with Crippen LogP contribution in [-0.4, -0.2) is 60.2 Å². The Morgan fingerprint density at radius 3 is 1.21 bits per heavy atom. The second kappa shape index (κ2) is 8.54. The number of halogens is 17. The van der Waals surface area contributed by atoms with E-state index in [2.05, 4.69) is 23.9 Å². The first-order chi connectivity index (χ1) is 14.1. The van der Waals surface area contributed by atoms with Crippen LogP contribution in [-0.2, 0) is 9.53 Å². The molecule has 0 heterocycles. The summed E-state index contributed by atoms with van der Waals surface area (Å²) in [6, 6.07) is 0. The van der Waals surface area contributed by atoms with Crippen LogP contribution >= 0.6 is 12.6 Å². The fourth-order valence-electron chi connectivity index (χ4n) is 1.71. The molecule has 33 heavy (non-hydrogen) atoms. The van der Waals surface area contributed by atoms with Crippen LogP contribution in [0.3, 0.4) is 0 Å². The molecule has 0 aliphatic carbocycles. The molecule has 0 aromatic rings. The highest BCUT2D eigenvalue weighted by Gasteiger charge is 2.95. The predicted molar refractivity (Wildman–Crippen MR) is 74.4 cm³/mol. The van der Waals surface area contributed by atoms with E-state index in [-0.39, 0.29) is 0 Å². The van der Waals surface area contributed by atoms with E-state index in [1.807, 2.05) is 0 Å². The van der Waals surface area contributed by atoms with Crippen molar-refractivity contribution in [3.8, 4) is 0 Å². The monoisotopic (exact) mass is 550 g/mol. The molecule has 0 aromatic heterocycles. The normalized spacial score (nSPS) is 15.5. The first-order valence-corrected chi connectivity index (χ1v) is 7.79. The summed E-state index contributed by atoms with van der Waals surface area (Å²) in [5, 5.41) is 0. The van der Waals surface area contributed by atoms with Crippen molar-refractivity contribution in [2.45, 2.75) is 54.1 Å². The molecule has 0 unspecified atom stereocenters. The van der Waals surface area contributed by atoms with Gasteiger partial charge in [0.2, 0.25) is 0 Å². The van der Waals surface area contributed by atoms with Crippen LogP contribution in [0.25, 0.3) is 0 Å². The Labute approximate surface area is 176 Å². The Morgan fingerprint density at radius 2 is 0.909 bits per heavy atom. The maximum atomic E-state index is 13.5. The number of rotatable bonds is 10. The zero-order valence-electron chi connectivity index (χ0n) is 14.8. The van der Waals surface area contributed by atoms with Gasteiger partial charge in [0.05, 0.1) is 17.9 Å². The molecule has 20 heteroatoms. The lowest BCUT2D eigenvalue weighted by atomic mass is 9.88. The zero-order valence-corrected chi connectivity index (χ0v) is 15.7. The Hall–Kier alpha value is -1.63. The minimum atomic E-state index is -8.68. The molecule has 0 aliphatic rings. The van der Waals surface area contributed by atoms with Gasteiger partial charge in [-0.2, -0.15) is 74.6 Å². The van der Waals surface area contributed by atoms with Crippen molar-refractivity contribution in [3.05, 3.63) is 11.5 Å². The van der Waals surface area contributed by atoms with Gasteiger partial charge in [0.25, 0.3) is 0 Å². The fraction of sp³-hybridized carbons (Fsp3) is 0.769. The highest BCUT2D eigenvalue weighted by Crippen LogP contribution is 2.64. The largest absolute Gasteiger partial charge is 0.462 e. The molecule has 0 aliphatic heterocycles. The van der Waals surface area contributed by atoms with Crippen LogP contribution in [0.1, 0.15) is 6.42 Å². The number of hydrogen-bond donors (Lipinski definition) is 1. The van der Waals surface area contributed by atoms with Gasteiger partial charge in [-0.05, 0) is 0 Å². The van der Waals surface area contributed by atoms with Gasteiger partial charge in [-0.1, -0.05) is 6.58 Å². The van der Waals surface area contributed by atoms with Gasteiger partial charge in [0, 0.05) is 0 Å². The Bertz CT molecular complexity index is 754. The topological polar surface area (TPSA) is 26.3 Å². The van der Waals surface area contributed by atoms with Crippen molar-refractivity contribution in [2.24, 2.45) is 0 Å². The number of ether oxygens (including phenoxy) is 1. The maximum absolute atomic E-state index is 13.5. The van der Waals surface area contributed by atoms with Gasteiger partial charge < -0.3 is 4.74 Å². The number of carbonyl (C=O) groups excluding carboxylic acids is 1. The Kier molecular flexibility index (Phi) is 8.12. The average Bonchev–Trinajstić information content (AvgIpc) is 2.59. The molecule has 0 saturated heterocycles. The molecule has 196 valence electrons. The number of hydrogen-bond acceptors (Lipinski definition) is 3. The molecule has 0 bridgehead atoms. The van der Waals surface area contributed by atoms with Gasteiger partial charge in [0.15, 0.2) is 0 Å². The number of alkyl halides is 17. The molecule has 0 spiro atoms. The van der Waals surface area contributed by atoms with Crippen molar-refractivity contribution in [1.82, 2.24) is 0 Å². The summed E-state index contributed by atoms with van der Waals surface area (Å²) in [6.45, 7) is 0.676. The van der Waals surface area contributed by atoms with E-state index >= 15 is 0 Å². The third-order valence-corrected chi connectivity index (χ3v) is 3.85. The lowest BCUT2D eigenvalue weighted by Crippen LogP contribution is -2.74. The van der Waals surface area contributed by atoms with Crippen molar-refractivity contribution in [3.63, 3.8) is 0 Å². The zero-order chi connectivity index (χ0) is 27.3. The lowest BCUT2D eigenvalue weighted by Gasteiger charge is -2.42. The summed E-state index contributed by atoms with van der Waals surface area (Å²) in [7, 11) is 0. The lowest BCUT2D eigenvalue weighted by molar-refractivity contribution is -0.461. The molecule has 2 nitrogen and oxygen atoms in total. The Morgan fingerprint density at radius 1 is 0.606 bits per heavy atom. The van der Waals surface area contributed by atoms with Crippen molar-refractivity contribution < 1.29 is 84.2 Å². The van der Waals surface area contributed by atoms with Crippen molar-refractivity contribution >= 4 is 18.6 Å². The predicted octanol–water partition coefficient (Wildman–Crippen LogP) is 6.37. The van der Waals surface area contributed by atoms with E-state index in [9.17, 15) is 79.4 Å². The van der Waals surface area contributed by atoms with Gasteiger partial charge in [-0.15, -0.1) is 12.6 Å². The molecular formula is C13H7F17O2S. The molecular weight excluding hydrogens is 543 g/mol. The first-order valence-electron chi connectivity index (χ1n) is 7.34. The number of esters is 1. The molecule has 0 aromatic carbocycles. The summed E-state index contributed by atoms with van der Waals surface area (Å²) in [4.78, 5) is 9.91. The van der Waals surface area contributed by atoms with Gasteiger partial charge in [-0.25, -0.2) is 4.79 Å². The number of thiol groups is 1. The van der Waals surface area contributed by atoms with Crippen molar-refractivity contribution in [2.75, 3.05) is 6.61 Å². The standard InChI is InChI=1S/C13H7F17O2S/c1-4(33)5(31)32-3-2-6(14,15)7(16,17)8(18,19)9(20,21)10(22,23)11(24,25)12(26,27)13(28,29)30/h33H,1-3H2. The molecule has 0 N–H and O–H groups in total. The second-order valence-corrected chi connectivity index (χ2v) is 6.52. The molecule has 0 saturated carbocycles. The van der Waals surface area contributed by atoms with Crippen LogP contribution in [0.15, 0.2) is 11.5 Å². The Balaban J connectivity index is 6.36. The molecule has 0 atom stereocenters. The van der Waals surface area contributed by atoms with E-state index in [1.54, 1.807) is 0 Å². The molecule has 0 fully saturated rings. The smallest absolute Gasteiger partial charge is 0.460 e. The van der Waals surface area contributed by atoms with E-state index in [4.69, 9.17) is 0 Å². The first kappa shape index (κ1) is 31.4. The minimum Gasteiger partial charge on any atom is -0.462 e. The number of carbonyl (C=O) groups is 1. The summed E-state index contributed by atoms with van der Waals surface area (Å²) < 4.78 is 225. The second-order valence-electron chi connectivity index (χ2n) is 5.98. The summed E-state index contributed by atoms with van der Waals surface area (Å²) in [5.41, 5.74) is 0. The summed E-state index contributed by atoms with van der Waals surface area (Å²) >= 11 is 3.16. The highest BCUT2D eigenvalue weighted by atomic mass is 32.1. The third kappa shape index (κ3) is 4.67. The van der Waals surface area contributed by atoms with Gasteiger partial charge >= 0.3 is 53.6 Å². The van der Waals surface area contributed by atoms with Gasteiger partial charge in [0.1, 0.15) is 0 Å².